The molecule has 0 aromatic heterocycles. The third kappa shape index (κ3) is 5.25. The second-order valence-electron chi connectivity index (χ2n) is 14.2. The van der Waals surface area contributed by atoms with Gasteiger partial charge in [0, 0.05) is 29.1 Å². The molecule has 236 valence electrons. The summed E-state index contributed by atoms with van der Waals surface area (Å²) in [7, 11) is -3.93. The quantitative estimate of drug-likeness (QED) is 0.371. The fourth-order valence-electron chi connectivity index (χ4n) is 8.29. The first-order valence-electron chi connectivity index (χ1n) is 16.3. The zero-order valence-corrected chi connectivity index (χ0v) is 27.2. The van der Waals surface area contributed by atoms with E-state index in [1.807, 2.05) is 31.2 Å². The summed E-state index contributed by atoms with van der Waals surface area (Å²) in [6.07, 6.45) is 11.5. The molecule has 2 aromatic rings. The number of fused-ring (bicyclic) bond motifs is 4. The number of benzene rings is 2. The van der Waals surface area contributed by atoms with Gasteiger partial charge in [0.2, 0.25) is 10.0 Å². The number of anilines is 1. The van der Waals surface area contributed by atoms with E-state index in [0.717, 1.165) is 62.2 Å². The van der Waals surface area contributed by atoms with E-state index in [1.165, 1.54) is 11.1 Å². The topological polar surface area (TPSA) is 95.9 Å². The van der Waals surface area contributed by atoms with Crippen LogP contribution in [0.5, 0.6) is 5.75 Å². The molecule has 0 unspecified atom stereocenters. The summed E-state index contributed by atoms with van der Waals surface area (Å²) in [4.78, 5) is 15.8. The molecule has 5 aliphatic rings. The van der Waals surface area contributed by atoms with Crippen molar-refractivity contribution in [3.05, 3.63) is 70.3 Å². The summed E-state index contributed by atoms with van der Waals surface area (Å²) in [5.41, 5.74) is 2.46. The molecule has 44 heavy (non-hydrogen) atoms. The SMILES string of the molecule is C[C@@H]1[C@@H](C)C/C=C/[C@](O)(C2CC2)[C@@H]2CC[C@H]2CN2C[C@@]3(CCCc4cc(Cl)ccc43)COc3ccc(cc32)C(=O)NS1(=O)=O. The second kappa shape index (κ2) is 11.1. The van der Waals surface area contributed by atoms with Crippen LogP contribution in [0.4, 0.5) is 5.69 Å². The van der Waals surface area contributed by atoms with Crippen LogP contribution in [0.2, 0.25) is 5.02 Å². The van der Waals surface area contributed by atoms with Crippen molar-refractivity contribution in [1.29, 1.82) is 0 Å². The molecule has 2 aromatic carbocycles. The van der Waals surface area contributed by atoms with E-state index in [9.17, 15) is 18.3 Å². The molecular weight excluding hydrogens is 596 g/mol. The zero-order chi connectivity index (χ0) is 30.9. The van der Waals surface area contributed by atoms with Gasteiger partial charge < -0.3 is 14.7 Å². The molecular formula is C35H43ClN2O5S. The number of nitrogens with one attached hydrogen (secondary N) is 1. The van der Waals surface area contributed by atoms with Gasteiger partial charge in [-0.2, -0.15) is 0 Å². The van der Waals surface area contributed by atoms with Gasteiger partial charge in [-0.3, -0.25) is 4.79 Å². The van der Waals surface area contributed by atoms with Gasteiger partial charge in [-0.05, 0) is 123 Å². The van der Waals surface area contributed by atoms with Gasteiger partial charge in [-0.15, -0.1) is 0 Å². The minimum atomic E-state index is -3.93. The maximum atomic E-state index is 13.4. The number of carbonyl (C=O) groups excluding carboxylic acids is 1. The number of hydrogen-bond acceptors (Lipinski definition) is 6. The Morgan fingerprint density at radius 2 is 1.91 bits per heavy atom. The van der Waals surface area contributed by atoms with Crippen LogP contribution in [0.25, 0.3) is 0 Å². The van der Waals surface area contributed by atoms with Gasteiger partial charge in [-0.25, -0.2) is 13.1 Å². The Labute approximate surface area is 266 Å². The fourth-order valence-corrected chi connectivity index (χ4v) is 9.77. The van der Waals surface area contributed by atoms with Crippen molar-refractivity contribution in [1.82, 2.24) is 4.72 Å². The Kier molecular flexibility index (Phi) is 7.57. The van der Waals surface area contributed by atoms with E-state index < -0.39 is 26.8 Å². The van der Waals surface area contributed by atoms with Crippen LogP contribution in [-0.2, 0) is 21.9 Å². The number of ether oxygens (including phenoxy) is 1. The molecule has 0 saturated heterocycles. The average molecular weight is 639 g/mol. The van der Waals surface area contributed by atoms with Gasteiger partial charge in [-0.1, -0.05) is 36.7 Å². The first-order valence-corrected chi connectivity index (χ1v) is 18.2. The first-order chi connectivity index (χ1) is 21.0. The number of halogens is 1. The van der Waals surface area contributed by atoms with E-state index in [2.05, 4.69) is 21.8 Å². The Morgan fingerprint density at radius 3 is 2.66 bits per heavy atom. The molecule has 2 fully saturated rings. The predicted octanol–water partition coefficient (Wildman–Crippen LogP) is 6.02. The summed E-state index contributed by atoms with van der Waals surface area (Å²) in [6, 6.07) is 11.5. The number of sulfonamides is 1. The number of aryl methyl sites for hydroxylation is 1. The van der Waals surface area contributed by atoms with Crippen molar-refractivity contribution >= 4 is 33.2 Å². The summed E-state index contributed by atoms with van der Waals surface area (Å²) >= 11 is 6.42. The summed E-state index contributed by atoms with van der Waals surface area (Å²) in [6.45, 7) is 5.46. The molecule has 7 nitrogen and oxygen atoms in total. The maximum absolute atomic E-state index is 13.4. The molecule has 0 radical (unpaired) electrons. The standard InChI is InChI=1S/C35H43ClN2O5S/c1-22-5-3-16-35(40,27-9-10-27)30-12-7-26(30)19-38-20-34(15-4-6-24-17-28(36)11-13-29(24)34)21-43-32-14-8-25(18-31(32)38)33(39)37-44(41,42)23(22)2/h3,8,11,13-14,16-18,22-23,26-27,30,40H,4-7,9-10,12,15,19-21H2,1-2H3,(H,37,39)/b16-3+/t22-,23+,26-,30+,34-,35-/m0/s1. The predicted molar refractivity (Wildman–Crippen MR) is 173 cm³/mol. The van der Waals surface area contributed by atoms with E-state index in [4.69, 9.17) is 16.3 Å². The smallest absolute Gasteiger partial charge is 0.264 e. The van der Waals surface area contributed by atoms with Gasteiger partial charge >= 0.3 is 0 Å². The highest BCUT2D eigenvalue weighted by Gasteiger charge is 2.54. The maximum Gasteiger partial charge on any atom is 0.264 e. The average Bonchev–Trinajstić information content (AvgIpc) is 3.83. The van der Waals surface area contributed by atoms with Crippen molar-refractivity contribution in [3.8, 4) is 5.75 Å². The van der Waals surface area contributed by atoms with Crippen molar-refractivity contribution < 1.29 is 23.1 Å². The largest absolute Gasteiger partial charge is 0.490 e. The molecule has 1 amide bonds. The normalized spacial score (nSPS) is 35.7. The number of aliphatic hydroxyl groups is 1. The van der Waals surface area contributed by atoms with Crippen molar-refractivity contribution in [2.45, 2.75) is 81.5 Å². The lowest BCUT2D eigenvalue weighted by Crippen LogP contribution is -2.53. The van der Waals surface area contributed by atoms with Crippen LogP contribution < -0.4 is 14.4 Å². The summed E-state index contributed by atoms with van der Waals surface area (Å²) in [5, 5.41) is 12.2. The number of nitrogens with zero attached hydrogens (tertiary/aromatic N) is 1. The Bertz CT molecular complexity index is 1610. The molecule has 2 saturated carbocycles. The second-order valence-corrected chi connectivity index (χ2v) is 16.7. The minimum absolute atomic E-state index is 0.128. The lowest BCUT2D eigenvalue weighted by atomic mass is 9.62. The summed E-state index contributed by atoms with van der Waals surface area (Å²) in [5.74, 6) is 0.487. The van der Waals surface area contributed by atoms with Gasteiger partial charge in [0.1, 0.15) is 5.75 Å². The fraction of sp³-hybridized carbons (Fsp3) is 0.571. The third-order valence-electron chi connectivity index (χ3n) is 11.4. The number of amides is 1. The van der Waals surface area contributed by atoms with Gasteiger partial charge in [0.25, 0.3) is 5.91 Å². The van der Waals surface area contributed by atoms with Crippen LogP contribution in [0.1, 0.15) is 80.3 Å². The molecule has 2 bridgehead atoms. The highest BCUT2D eigenvalue weighted by Crippen LogP contribution is 2.54. The van der Waals surface area contributed by atoms with E-state index >= 15 is 0 Å². The monoisotopic (exact) mass is 638 g/mol. The van der Waals surface area contributed by atoms with Crippen molar-refractivity contribution in [2.75, 3.05) is 24.6 Å². The van der Waals surface area contributed by atoms with E-state index in [1.54, 1.807) is 19.1 Å². The lowest BCUT2D eigenvalue weighted by molar-refractivity contribution is -0.0606. The number of carbonyl (C=O) groups is 1. The number of hydrogen-bond donors (Lipinski definition) is 2. The number of allylic oxidation sites excluding steroid dienone is 1. The van der Waals surface area contributed by atoms with E-state index in [-0.39, 0.29) is 29.1 Å². The Balaban J connectivity index is 1.32. The molecule has 2 aliphatic heterocycles. The van der Waals surface area contributed by atoms with Crippen LogP contribution in [0.15, 0.2) is 48.6 Å². The van der Waals surface area contributed by atoms with Crippen molar-refractivity contribution in [2.24, 2.45) is 23.7 Å². The summed E-state index contributed by atoms with van der Waals surface area (Å²) < 4.78 is 35.5. The molecule has 9 heteroatoms. The number of rotatable bonds is 1. The molecule has 3 aliphatic carbocycles. The zero-order valence-electron chi connectivity index (χ0n) is 25.6. The molecule has 6 atom stereocenters. The van der Waals surface area contributed by atoms with Gasteiger partial charge in [0.05, 0.1) is 23.1 Å². The first kappa shape index (κ1) is 30.1. The highest BCUT2D eigenvalue weighted by atomic mass is 35.5. The van der Waals surface area contributed by atoms with Crippen LogP contribution in [0.3, 0.4) is 0 Å². The van der Waals surface area contributed by atoms with Crippen LogP contribution in [0, 0.1) is 23.7 Å². The molecule has 2 N–H and O–H groups in total. The van der Waals surface area contributed by atoms with E-state index in [0.29, 0.717) is 30.9 Å². The van der Waals surface area contributed by atoms with Gasteiger partial charge in [0.15, 0.2) is 0 Å². The molecule has 1 spiro atoms. The van der Waals surface area contributed by atoms with Crippen LogP contribution in [-0.4, -0.2) is 50.0 Å². The minimum Gasteiger partial charge on any atom is -0.490 e. The Hall–Kier alpha value is -2.55. The van der Waals surface area contributed by atoms with Crippen LogP contribution >= 0.6 is 11.6 Å². The lowest BCUT2D eigenvalue weighted by Gasteiger charge is -2.49. The molecule has 2 heterocycles. The molecule has 7 rings (SSSR count). The Morgan fingerprint density at radius 1 is 1.09 bits per heavy atom. The highest BCUT2D eigenvalue weighted by molar-refractivity contribution is 7.90. The van der Waals surface area contributed by atoms with Crippen molar-refractivity contribution in [3.63, 3.8) is 0 Å². The third-order valence-corrected chi connectivity index (χ3v) is 13.6.